The minimum atomic E-state index is -4.53. The van der Waals surface area contributed by atoms with Crippen LogP contribution in [0.2, 0.25) is 0 Å². The molecule has 2 N–H and O–H groups in total. The van der Waals surface area contributed by atoms with Gasteiger partial charge in [-0.15, -0.1) is 0 Å². The largest absolute Gasteiger partial charge is 0.421 e. The van der Waals surface area contributed by atoms with Gasteiger partial charge in [0.25, 0.3) is 0 Å². The summed E-state index contributed by atoms with van der Waals surface area (Å²) in [6.45, 7) is 1.89. The van der Waals surface area contributed by atoms with Gasteiger partial charge < -0.3 is 10.6 Å². The van der Waals surface area contributed by atoms with E-state index in [4.69, 9.17) is 0 Å². The quantitative estimate of drug-likeness (QED) is 0.688. The molecule has 0 radical (unpaired) electrons. The van der Waals surface area contributed by atoms with Crippen LogP contribution in [0, 0.1) is 6.92 Å². The first-order valence-corrected chi connectivity index (χ1v) is 8.65. The van der Waals surface area contributed by atoms with Crippen LogP contribution in [0.1, 0.15) is 36.2 Å². The van der Waals surface area contributed by atoms with E-state index in [0.29, 0.717) is 5.69 Å². The van der Waals surface area contributed by atoms with Gasteiger partial charge in [0.05, 0.1) is 42.1 Å². The van der Waals surface area contributed by atoms with E-state index >= 15 is 0 Å². The van der Waals surface area contributed by atoms with Crippen molar-refractivity contribution in [2.45, 2.75) is 38.0 Å². The minimum absolute atomic E-state index is 0.0622. The van der Waals surface area contributed by atoms with E-state index in [2.05, 4.69) is 35.9 Å². The third-order valence-corrected chi connectivity index (χ3v) is 4.82. The van der Waals surface area contributed by atoms with E-state index in [-0.39, 0.29) is 23.8 Å². The number of anilines is 3. The zero-order chi connectivity index (χ0) is 19.9. The van der Waals surface area contributed by atoms with E-state index < -0.39 is 11.7 Å². The molecule has 9 nitrogen and oxygen atoms in total. The Morgan fingerprint density at radius 2 is 1.79 bits per heavy atom. The molecule has 1 aliphatic rings. The molecule has 0 saturated heterocycles. The smallest absolute Gasteiger partial charge is 0.372 e. The number of hydrogen-bond donors (Lipinski definition) is 2. The standard InChI is InChI=1S/C16H18F3N9/c1-9-13(25-15-21-7-12(16(17,18)19)14(20-2)26-15)8-24-27(9)10-5-11(6-10)28-22-3-4-23-28/h3-4,7-8,10-11H,5-6H2,1-2H3,(H2,20,21,25,26). The Morgan fingerprint density at radius 3 is 2.43 bits per heavy atom. The molecule has 3 aromatic rings. The van der Waals surface area contributed by atoms with Crippen molar-refractivity contribution in [1.29, 1.82) is 0 Å². The minimum Gasteiger partial charge on any atom is -0.372 e. The monoisotopic (exact) mass is 393 g/mol. The SMILES string of the molecule is CNc1nc(Nc2cnn(C3CC(n4nccn4)C3)c2C)ncc1C(F)(F)F. The Labute approximate surface area is 158 Å². The van der Waals surface area contributed by atoms with E-state index in [1.807, 2.05) is 11.6 Å². The average molecular weight is 393 g/mol. The van der Waals surface area contributed by atoms with E-state index in [0.717, 1.165) is 24.7 Å². The third kappa shape index (κ3) is 3.25. The second-order valence-corrected chi connectivity index (χ2v) is 6.55. The molecule has 1 aliphatic carbocycles. The molecule has 0 atom stereocenters. The lowest BCUT2D eigenvalue weighted by molar-refractivity contribution is -0.137. The van der Waals surface area contributed by atoms with Crippen LogP contribution in [0.15, 0.2) is 24.8 Å². The van der Waals surface area contributed by atoms with Crippen molar-refractivity contribution in [1.82, 2.24) is 34.7 Å². The predicted octanol–water partition coefficient (Wildman–Crippen LogP) is 2.95. The molecule has 12 heteroatoms. The fraction of sp³-hybridized carbons (Fsp3) is 0.438. The number of nitrogens with one attached hydrogen (secondary N) is 2. The number of aromatic nitrogens is 7. The predicted molar refractivity (Wildman–Crippen MR) is 94.2 cm³/mol. The molecule has 0 amide bonds. The number of rotatable bonds is 5. The summed E-state index contributed by atoms with van der Waals surface area (Å²) in [6, 6.07) is 0.462. The molecule has 0 spiro atoms. The lowest BCUT2D eigenvalue weighted by Crippen LogP contribution is -2.31. The van der Waals surface area contributed by atoms with Gasteiger partial charge in [0.15, 0.2) is 0 Å². The zero-order valence-corrected chi connectivity index (χ0v) is 15.1. The maximum absolute atomic E-state index is 13.0. The molecule has 0 bridgehead atoms. The second kappa shape index (κ2) is 6.77. The van der Waals surface area contributed by atoms with Crippen molar-refractivity contribution in [2.75, 3.05) is 17.7 Å². The van der Waals surface area contributed by atoms with Crippen molar-refractivity contribution in [2.24, 2.45) is 0 Å². The molecule has 1 saturated carbocycles. The fourth-order valence-corrected chi connectivity index (χ4v) is 3.24. The molecule has 0 aliphatic heterocycles. The van der Waals surface area contributed by atoms with Gasteiger partial charge in [-0.2, -0.15) is 38.2 Å². The first-order chi connectivity index (χ1) is 13.4. The molecule has 148 valence electrons. The van der Waals surface area contributed by atoms with Crippen LogP contribution in [0.4, 0.5) is 30.6 Å². The van der Waals surface area contributed by atoms with Crippen molar-refractivity contribution in [3.63, 3.8) is 0 Å². The summed E-state index contributed by atoms with van der Waals surface area (Å²) in [7, 11) is 1.38. The summed E-state index contributed by atoms with van der Waals surface area (Å²) in [5.41, 5.74) is 0.578. The zero-order valence-electron chi connectivity index (χ0n) is 15.1. The van der Waals surface area contributed by atoms with Crippen LogP contribution in [0.5, 0.6) is 0 Å². The first-order valence-electron chi connectivity index (χ1n) is 8.65. The first kappa shape index (κ1) is 18.2. The van der Waals surface area contributed by atoms with Crippen molar-refractivity contribution < 1.29 is 13.2 Å². The van der Waals surface area contributed by atoms with E-state index in [1.54, 1.807) is 23.4 Å². The number of halogens is 3. The summed E-state index contributed by atoms with van der Waals surface area (Å²) in [4.78, 5) is 9.40. The molecule has 0 aromatic carbocycles. The van der Waals surface area contributed by atoms with Crippen molar-refractivity contribution >= 4 is 17.5 Å². The van der Waals surface area contributed by atoms with Crippen molar-refractivity contribution in [3.8, 4) is 0 Å². The van der Waals surface area contributed by atoms with Gasteiger partial charge in [-0.25, -0.2) is 4.98 Å². The highest BCUT2D eigenvalue weighted by Gasteiger charge is 2.36. The Hall–Kier alpha value is -3.18. The van der Waals surface area contributed by atoms with Crippen LogP contribution >= 0.6 is 0 Å². The van der Waals surface area contributed by atoms with Gasteiger partial charge in [-0.1, -0.05) is 0 Å². The molecule has 3 aromatic heterocycles. The Balaban J connectivity index is 1.48. The normalized spacial score (nSPS) is 19.3. The summed E-state index contributed by atoms with van der Waals surface area (Å²) in [6.07, 6.45) is 2.87. The number of hydrogen-bond acceptors (Lipinski definition) is 7. The highest BCUT2D eigenvalue weighted by Crippen LogP contribution is 2.41. The Morgan fingerprint density at radius 1 is 1.07 bits per heavy atom. The average Bonchev–Trinajstić information content (AvgIpc) is 3.25. The van der Waals surface area contributed by atoms with E-state index in [1.165, 1.54) is 7.05 Å². The third-order valence-electron chi connectivity index (χ3n) is 4.82. The van der Waals surface area contributed by atoms with Gasteiger partial charge in [0, 0.05) is 13.2 Å². The molecular weight excluding hydrogens is 375 g/mol. The summed E-state index contributed by atoms with van der Waals surface area (Å²) in [5, 5.41) is 18.1. The lowest BCUT2D eigenvalue weighted by Gasteiger charge is -2.35. The van der Waals surface area contributed by atoms with Crippen LogP contribution in [-0.2, 0) is 6.18 Å². The molecule has 0 unspecified atom stereocenters. The van der Waals surface area contributed by atoms with Gasteiger partial charge in [0.2, 0.25) is 5.95 Å². The Bertz CT molecular complexity index is 958. The fourth-order valence-electron chi connectivity index (χ4n) is 3.24. The Kier molecular flexibility index (Phi) is 4.40. The van der Waals surface area contributed by atoms with Crippen LogP contribution in [0.3, 0.4) is 0 Å². The topological polar surface area (TPSA) is 98.4 Å². The molecule has 1 fully saturated rings. The van der Waals surface area contributed by atoms with Crippen LogP contribution in [-0.4, -0.2) is 41.8 Å². The van der Waals surface area contributed by atoms with Gasteiger partial charge >= 0.3 is 6.18 Å². The van der Waals surface area contributed by atoms with Gasteiger partial charge in [0.1, 0.15) is 11.4 Å². The summed E-state index contributed by atoms with van der Waals surface area (Å²) in [5.74, 6) is -0.226. The van der Waals surface area contributed by atoms with E-state index in [9.17, 15) is 13.2 Å². The molecule has 28 heavy (non-hydrogen) atoms. The highest BCUT2D eigenvalue weighted by atomic mass is 19.4. The molecule has 3 heterocycles. The number of nitrogens with zero attached hydrogens (tertiary/aromatic N) is 7. The lowest BCUT2D eigenvalue weighted by atomic mass is 9.87. The number of alkyl halides is 3. The second-order valence-electron chi connectivity index (χ2n) is 6.55. The highest BCUT2D eigenvalue weighted by molar-refractivity contribution is 5.58. The maximum Gasteiger partial charge on any atom is 0.421 e. The van der Waals surface area contributed by atoms with Crippen LogP contribution in [0.25, 0.3) is 0 Å². The summed E-state index contributed by atoms with van der Waals surface area (Å²) >= 11 is 0. The van der Waals surface area contributed by atoms with Gasteiger partial charge in [-0.05, 0) is 19.8 Å². The van der Waals surface area contributed by atoms with Crippen molar-refractivity contribution in [3.05, 3.63) is 36.0 Å². The maximum atomic E-state index is 13.0. The van der Waals surface area contributed by atoms with Crippen LogP contribution < -0.4 is 10.6 Å². The summed E-state index contributed by atoms with van der Waals surface area (Å²) < 4.78 is 40.8. The molecule has 4 rings (SSSR count). The van der Waals surface area contributed by atoms with Gasteiger partial charge in [-0.3, -0.25) is 4.68 Å². The molecular formula is C16H18F3N9.